The quantitative estimate of drug-likeness (QED) is 0.298. The fraction of sp³-hybridized carbons (Fsp3) is 0.222. The van der Waals surface area contributed by atoms with Crippen LogP contribution in [0.1, 0.15) is 37.7 Å². The van der Waals surface area contributed by atoms with E-state index in [4.69, 9.17) is 4.98 Å². The van der Waals surface area contributed by atoms with Gasteiger partial charge in [0.2, 0.25) is 11.2 Å². The third-order valence-electron chi connectivity index (χ3n) is 5.53. The van der Waals surface area contributed by atoms with Gasteiger partial charge in [-0.1, -0.05) is 75.0 Å². The van der Waals surface area contributed by atoms with Gasteiger partial charge in [0, 0.05) is 30.3 Å². The van der Waals surface area contributed by atoms with Crippen molar-refractivity contribution in [3.05, 3.63) is 96.4 Å². The van der Waals surface area contributed by atoms with E-state index in [1.165, 1.54) is 5.56 Å². The number of rotatable bonds is 6. The number of hydrogen-bond acceptors (Lipinski definition) is 2. The number of aryl methyl sites for hydroxylation is 1. The van der Waals surface area contributed by atoms with Crippen molar-refractivity contribution in [2.45, 2.75) is 26.2 Å². The Balaban J connectivity index is 2.02. The molecule has 0 unspecified atom stereocenters. The SMILES string of the molecule is C=C(/C=C/C(=NC)C(C)(C)c1ccccc1)c1nc2ccccc2[n+](C)c1/C=C\C. The van der Waals surface area contributed by atoms with Gasteiger partial charge in [-0.15, -0.1) is 0 Å². The van der Waals surface area contributed by atoms with E-state index in [-0.39, 0.29) is 5.41 Å². The highest BCUT2D eigenvalue weighted by Crippen LogP contribution is 2.26. The lowest BCUT2D eigenvalue weighted by Crippen LogP contribution is -2.35. The standard InChI is InChI=1S/C27H30N3/c1-7-13-24-26(29-22-16-11-12-17-23(22)30(24)6)20(2)18-19-25(28-5)27(3,4)21-14-9-8-10-15-21/h7-19H,2H2,1,3-6H3/q+1/b13-7-,19-18+,28-25?. The third kappa shape index (κ3) is 4.16. The molecule has 3 rings (SSSR count). The first kappa shape index (κ1) is 21.4. The lowest BCUT2D eigenvalue weighted by Gasteiger charge is -2.25. The van der Waals surface area contributed by atoms with Gasteiger partial charge in [0.15, 0.2) is 0 Å². The van der Waals surface area contributed by atoms with Crippen molar-refractivity contribution in [3.8, 4) is 0 Å². The number of aromatic nitrogens is 2. The summed E-state index contributed by atoms with van der Waals surface area (Å²) in [7, 11) is 3.91. The van der Waals surface area contributed by atoms with E-state index < -0.39 is 0 Å². The molecule has 0 aliphatic heterocycles. The highest BCUT2D eigenvalue weighted by Gasteiger charge is 2.25. The Kier molecular flexibility index (Phi) is 6.41. The van der Waals surface area contributed by atoms with E-state index >= 15 is 0 Å². The Morgan fingerprint density at radius 3 is 2.37 bits per heavy atom. The number of nitrogens with zero attached hydrogens (tertiary/aromatic N) is 3. The normalized spacial score (nSPS) is 12.9. The number of para-hydroxylation sites is 2. The van der Waals surface area contributed by atoms with E-state index in [2.05, 4.69) is 79.5 Å². The van der Waals surface area contributed by atoms with Gasteiger partial charge < -0.3 is 0 Å². The van der Waals surface area contributed by atoms with Gasteiger partial charge in [0.05, 0.1) is 0 Å². The number of aliphatic imine (C=N–C) groups is 1. The molecule has 0 spiro atoms. The maximum absolute atomic E-state index is 4.92. The van der Waals surface area contributed by atoms with Crippen molar-refractivity contribution in [2.75, 3.05) is 7.05 Å². The van der Waals surface area contributed by atoms with Crippen LogP contribution in [-0.4, -0.2) is 17.7 Å². The lowest BCUT2D eigenvalue weighted by molar-refractivity contribution is -0.647. The zero-order valence-corrected chi connectivity index (χ0v) is 18.6. The number of hydrogen-bond donors (Lipinski definition) is 0. The second kappa shape index (κ2) is 9.00. The van der Waals surface area contributed by atoms with Gasteiger partial charge in [0.25, 0.3) is 0 Å². The van der Waals surface area contributed by atoms with Crippen LogP contribution in [0.3, 0.4) is 0 Å². The topological polar surface area (TPSA) is 29.1 Å². The van der Waals surface area contributed by atoms with Crippen LogP contribution in [0.4, 0.5) is 0 Å². The Hall–Kier alpha value is -3.33. The minimum atomic E-state index is -0.208. The van der Waals surface area contributed by atoms with Crippen molar-refractivity contribution in [1.29, 1.82) is 0 Å². The van der Waals surface area contributed by atoms with E-state index in [0.29, 0.717) is 0 Å². The molecule has 0 aliphatic rings. The van der Waals surface area contributed by atoms with E-state index in [1.54, 1.807) is 0 Å². The molecule has 1 heterocycles. The van der Waals surface area contributed by atoms with E-state index in [9.17, 15) is 0 Å². The lowest BCUT2D eigenvalue weighted by atomic mass is 9.79. The predicted octanol–water partition coefficient (Wildman–Crippen LogP) is 5.71. The van der Waals surface area contributed by atoms with Gasteiger partial charge in [-0.25, -0.2) is 4.98 Å². The van der Waals surface area contributed by atoms with Crippen LogP contribution in [0.15, 0.2) is 84.4 Å². The van der Waals surface area contributed by atoms with Crippen LogP contribution in [0.5, 0.6) is 0 Å². The predicted molar refractivity (Wildman–Crippen MR) is 129 cm³/mol. The number of fused-ring (bicyclic) bond motifs is 1. The van der Waals surface area contributed by atoms with E-state index in [0.717, 1.165) is 33.7 Å². The second-order valence-electron chi connectivity index (χ2n) is 7.85. The van der Waals surface area contributed by atoms with Gasteiger partial charge in [-0.05, 0) is 30.2 Å². The number of allylic oxidation sites excluding steroid dienone is 4. The van der Waals surface area contributed by atoms with Crippen LogP contribution < -0.4 is 4.57 Å². The van der Waals surface area contributed by atoms with Crippen LogP contribution in [0, 0.1) is 0 Å². The van der Waals surface area contributed by atoms with Crippen LogP contribution in [0.2, 0.25) is 0 Å². The average Bonchev–Trinajstić information content (AvgIpc) is 2.76. The van der Waals surface area contributed by atoms with Crippen molar-refractivity contribution in [3.63, 3.8) is 0 Å². The first-order valence-electron chi connectivity index (χ1n) is 10.2. The molecule has 0 saturated carbocycles. The van der Waals surface area contributed by atoms with Crippen molar-refractivity contribution in [1.82, 2.24) is 4.98 Å². The molecule has 0 bridgehead atoms. The summed E-state index contributed by atoms with van der Waals surface area (Å²) >= 11 is 0. The zero-order valence-electron chi connectivity index (χ0n) is 18.6. The summed E-state index contributed by atoms with van der Waals surface area (Å²) in [6.45, 7) is 10.7. The Morgan fingerprint density at radius 2 is 1.70 bits per heavy atom. The molecule has 0 radical (unpaired) electrons. The molecule has 30 heavy (non-hydrogen) atoms. The smallest absolute Gasteiger partial charge is 0.231 e. The second-order valence-corrected chi connectivity index (χ2v) is 7.85. The fourth-order valence-corrected chi connectivity index (χ4v) is 3.72. The molecule has 0 N–H and O–H groups in total. The summed E-state index contributed by atoms with van der Waals surface area (Å²) in [4.78, 5) is 9.49. The molecule has 0 atom stereocenters. The summed E-state index contributed by atoms with van der Waals surface area (Å²) in [5.41, 5.74) is 6.81. The first-order chi connectivity index (χ1) is 14.4. The molecule has 0 aliphatic carbocycles. The Labute approximate surface area is 179 Å². The van der Waals surface area contributed by atoms with E-state index in [1.807, 2.05) is 50.4 Å². The molecule has 2 aromatic carbocycles. The monoisotopic (exact) mass is 396 g/mol. The molecule has 3 aromatic rings. The Bertz CT molecular complexity index is 1150. The molecular formula is C27H30N3+. The molecule has 3 nitrogen and oxygen atoms in total. The average molecular weight is 397 g/mol. The highest BCUT2D eigenvalue weighted by molar-refractivity contribution is 6.04. The van der Waals surface area contributed by atoms with Crippen molar-refractivity contribution >= 4 is 28.4 Å². The van der Waals surface area contributed by atoms with Gasteiger partial charge in [-0.3, -0.25) is 4.99 Å². The molecule has 0 saturated heterocycles. The summed E-state index contributed by atoms with van der Waals surface area (Å²) in [5, 5.41) is 0. The molecule has 1 aromatic heterocycles. The van der Waals surface area contributed by atoms with Crippen LogP contribution in [0.25, 0.3) is 22.7 Å². The van der Waals surface area contributed by atoms with Crippen molar-refractivity contribution < 1.29 is 4.57 Å². The molecule has 0 fully saturated rings. The van der Waals surface area contributed by atoms with Gasteiger partial charge in [0.1, 0.15) is 18.3 Å². The third-order valence-corrected chi connectivity index (χ3v) is 5.53. The zero-order chi connectivity index (χ0) is 21.7. The van der Waals surface area contributed by atoms with Gasteiger partial charge in [-0.2, -0.15) is 4.57 Å². The van der Waals surface area contributed by atoms with Crippen LogP contribution in [-0.2, 0) is 12.5 Å². The maximum atomic E-state index is 4.92. The molecular weight excluding hydrogens is 366 g/mol. The molecule has 152 valence electrons. The summed E-state index contributed by atoms with van der Waals surface area (Å²) in [6, 6.07) is 18.6. The highest BCUT2D eigenvalue weighted by atomic mass is 15.0. The minimum Gasteiger partial charge on any atom is -0.292 e. The fourth-order valence-electron chi connectivity index (χ4n) is 3.72. The van der Waals surface area contributed by atoms with Gasteiger partial charge >= 0.3 is 0 Å². The molecule has 0 amide bonds. The summed E-state index contributed by atoms with van der Waals surface area (Å²) < 4.78 is 2.17. The largest absolute Gasteiger partial charge is 0.292 e. The van der Waals surface area contributed by atoms with Crippen molar-refractivity contribution in [2.24, 2.45) is 12.0 Å². The minimum absolute atomic E-state index is 0.208. The van der Waals surface area contributed by atoms with Crippen LogP contribution >= 0.6 is 0 Å². The summed E-state index contributed by atoms with van der Waals surface area (Å²) in [6.07, 6.45) is 8.20. The first-order valence-corrected chi connectivity index (χ1v) is 10.2. The Morgan fingerprint density at radius 1 is 1.03 bits per heavy atom. The summed E-state index contributed by atoms with van der Waals surface area (Å²) in [5.74, 6) is 0. The molecule has 3 heteroatoms. The number of benzene rings is 2. The maximum Gasteiger partial charge on any atom is 0.231 e.